The lowest BCUT2D eigenvalue weighted by molar-refractivity contribution is 0.0398. The minimum absolute atomic E-state index is 0.190. The highest BCUT2D eigenvalue weighted by Crippen LogP contribution is 2.08. The highest BCUT2D eigenvalue weighted by Gasteiger charge is 2.13. The topological polar surface area (TPSA) is 76.8 Å². The number of hydrogen-bond acceptors (Lipinski definition) is 7. The first kappa shape index (κ1) is 13.8. The number of anilines is 1. The standard InChI is InChI=1S/C12H19N3O4/c1-2-18-11(16)10-9-19-12(14-10)13-3-4-15-5-7-17-8-6-15/h9H,2-8H2,1H3,(H,13,14). The monoisotopic (exact) mass is 269 g/mol. The maximum absolute atomic E-state index is 11.4. The second-order valence-electron chi connectivity index (χ2n) is 4.14. The Labute approximate surface area is 111 Å². The largest absolute Gasteiger partial charge is 0.461 e. The number of ether oxygens (including phenoxy) is 2. The fourth-order valence-electron chi connectivity index (χ4n) is 1.80. The molecule has 0 unspecified atom stereocenters. The molecule has 0 aliphatic carbocycles. The zero-order valence-corrected chi connectivity index (χ0v) is 11.1. The van der Waals surface area contributed by atoms with Crippen molar-refractivity contribution < 1.29 is 18.7 Å². The second-order valence-corrected chi connectivity index (χ2v) is 4.14. The Morgan fingerprint density at radius 1 is 1.53 bits per heavy atom. The normalized spacial score (nSPS) is 16.3. The number of carbonyl (C=O) groups is 1. The van der Waals surface area contributed by atoms with E-state index >= 15 is 0 Å². The summed E-state index contributed by atoms with van der Waals surface area (Å²) in [6.07, 6.45) is 1.30. The van der Waals surface area contributed by atoms with Crippen molar-refractivity contribution >= 4 is 12.0 Å². The smallest absolute Gasteiger partial charge is 0.360 e. The molecule has 0 spiro atoms. The van der Waals surface area contributed by atoms with Crippen LogP contribution in [-0.2, 0) is 9.47 Å². The van der Waals surface area contributed by atoms with E-state index in [-0.39, 0.29) is 5.69 Å². The molecule has 0 saturated carbocycles. The Bertz CT molecular complexity index is 401. The number of morpholine rings is 1. The average Bonchev–Trinajstić information content (AvgIpc) is 2.89. The van der Waals surface area contributed by atoms with Crippen LogP contribution >= 0.6 is 0 Å². The van der Waals surface area contributed by atoms with Gasteiger partial charge in [-0.25, -0.2) is 4.79 Å². The van der Waals surface area contributed by atoms with E-state index < -0.39 is 5.97 Å². The van der Waals surface area contributed by atoms with Gasteiger partial charge in [-0.1, -0.05) is 0 Å². The number of esters is 1. The lowest BCUT2D eigenvalue weighted by Crippen LogP contribution is -2.39. The lowest BCUT2D eigenvalue weighted by Gasteiger charge is -2.26. The van der Waals surface area contributed by atoms with Gasteiger partial charge in [0, 0.05) is 26.2 Å². The minimum atomic E-state index is -0.465. The van der Waals surface area contributed by atoms with Gasteiger partial charge in [0.25, 0.3) is 6.01 Å². The van der Waals surface area contributed by atoms with E-state index in [1.807, 2.05) is 0 Å². The third-order valence-corrected chi connectivity index (χ3v) is 2.80. The Balaban J connectivity index is 1.72. The molecule has 0 bridgehead atoms. The minimum Gasteiger partial charge on any atom is -0.461 e. The van der Waals surface area contributed by atoms with Crippen molar-refractivity contribution in [3.8, 4) is 0 Å². The van der Waals surface area contributed by atoms with Gasteiger partial charge in [0.15, 0.2) is 5.69 Å². The van der Waals surface area contributed by atoms with Crippen LogP contribution in [0.1, 0.15) is 17.4 Å². The van der Waals surface area contributed by atoms with Crippen LogP contribution in [0.2, 0.25) is 0 Å². The number of nitrogens with one attached hydrogen (secondary N) is 1. The number of rotatable bonds is 6. The first-order valence-electron chi connectivity index (χ1n) is 6.46. The maximum atomic E-state index is 11.4. The zero-order chi connectivity index (χ0) is 13.5. The summed E-state index contributed by atoms with van der Waals surface area (Å²) in [6, 6.07) is 0.344. The van der Waals surface area contributed by atoms with Crippen molar-refractivity contribution in [2.24, 2.45) is 0 Å². The van der Waals surface area contributed by atoms with E-state index in [2.05, 4.69) is 15.2 Å². The molecule has 2 rings (SSSR count). The molecule has 2 heterocycles. The predicted molar refractivity (Wildman–Crippen MR) is 68.2 cm³/mol. The summed E-state index contributed by atoms with van der Waals surface area (Å²) in [6.45, 7) is 7.13. The molecular formula is C12H19N3O4. The molecular weight excluding hydrogens is 250 g/mol. The van der Waals surface area contributed by atoms with Crippen molar-refractivity contribution in [2.75, 3.05) is 51.3 Å². The van der Waals surface area contributed by atoms with Crippen molar-refractivity contribution in [1.29, 1.82) is 0 Å². The maximum Gasteiger partial charge on any atom is 0.360 e. The summed E-state index contributed by atoms with van der Waals surface area (Å²) >= 11 is 0. The molecule has 1 aromatic rings. The summed E-state index contributed by atoms with van der Waals surface area (Å²) < 4.78 is 15.3. The van der Waals surface area contributed by atoms with Gasteiger partial charge in [-0.3, -0.25) is 4.90 Å². The van der Waals surface area contributed by atoms with Crippen LogP contribution in [0, 0.1) is 0 Å². The van der Waals surface area contributed by atoms with E-state index in [1.54, 1.807) is 6.92 Å². The number of hydrogen-bond donors (Lipinski definition) is 1. The Hall–Kier alpha value is -1.60. The number of carbonyl (C=O) groups excluding carboxylic acids is 1. The average molecular weight is 269 g/mol. The van der Waals surface area contributed by atoms with Crippen LogP contribution in [0.15, 0.2) is 10.7 Å². The van der Waals surface area contributed by atoms with Crippen molar-refractivity contribution in [3.63, 3.8) is 0 Å². The van der Waals surface area contributed by atoms with Crippen LogP contribution in [0.3, 0.4) is 0 Å². The summed E-state index contributed by atoms with van der Waals surface area (Å²) in [7, 11) is 0. The van der Waals surface area contributed by atoms with Gasteiger partial charge in [0.2, 0.25) is 0 Å². The van der Waals surface area contributed by atoms with E-state index in [9.17, 15) is 4.79 Å². The molecule has 1 fully saturated rings. The highest BCUT2D eigenvalue weighted by atomic mass is 16.5. The first-order chi connectivity index (χ1) is 9.29. The molecule has 1 aromatic heterocycles. The van der Waals surface area contributed by atoms with Crippen molar-refractivity contribution in [3.05, 3.63) is 12.0 Å². The van der Waals surface area contributed by atoms with Gasteiger partial charge < -0.3 is 19.2 Å². The molecule has 19 heavy (non-hydrogen) atoms. The second kappa shape index (κ2) is 7.10. The Morgan fingerprint density at radius 2 is 2.32 bits per heavy atom. The van der Waals surface area contributed by atoms with Gasteiger partial charge >= 0.3 is 5.97 Å². The molecule has 1 aliphatic rings. The summed E-state index contributed by atoms with van der Waals surface area (Å²) in [5.41, 5.74) is 0.190. The molecule has 1 saturated heterocycles. The van der Waals surface area contributed by atoms with Gasteiger partial charge in [-0.15, -0.1) is 0 Å². The molecule has 0 amide bonds. The molecule has 0 radical (unpaired) electrons. The molecule has 106 valence electrons. The van der Waals surface area contributed by atoms with Gasteiger partial charge in [-0.2, -0.15) is 4.98 Å². The third-order valence-electron chi connectivity index (χ3n) is 2.80. The van der Waals surface area contributed by atoms with Crippen LogP contribution in [0.4, 0.5) is 6.01 Å². The molecule has 1 aliphatic heterocycles. The summed E-state index contributed by atoms with van der Waals surface area (Å²) in [5.74, 6) is -0.465. The summed E-state index contributed by atoms with van der Waals surface area (Å²) in [4.78, 5) is 17.7. The molecule has 7 heteroatoms. The van der Waals surface area contributed by atoms with Gasteiger partial charge in [0.05, 0.1) is 19.8 Å². The Morgan fingerprint density at radius 3 is 3.05 bits per heavy atom. The first-order valence-corrected chi connectivity index (χ1v) is 6.46. The highest BCUT2D eigenvalue weighted by molar-refractivity contribution is 5.87. The summed E-state index contributed by atoms with van der Waals surface area (Å²) in [5, 5.41) is 3.04. The van der Waals surface area contributed by atoms with Crippen LogP contribution < -0.4 is 5.32 Å². The Kier molecular flexibility index (Phi) is 5.17. The number of aromatic nitrogens is 1. The van der Waals surface area contributed by atoms with E-state index in [0.29, 0.717) is 19.2 Å². The van der Waals surface area contributed by atoms with Gasteiger partial charge in [-0.05, 0) is 6.92 Å². The fraction of sp³-hybridized carbons (Fsp3) is 0.667. The van der Waals surface area contributed by atoms with E-state index in [0.717, 1.165) is 32.8 Å². The predicted octanol–water partition coefficient (Wildman–Crippen LogP) is 0.595. The number of nitrogens with zero attached hydrogens (tertiary/aromatic N) is 2. The van der Waals surface area contributed by atoms with Gasteiger partial charge in [0.1, 0.15) is 6.26 Å². The fourth-order valence-corrected chi connectivity index (χ4v) is 1.80. The van der Waals surface area contributed by atoms with Crippen molar-refractivity contribution in [2.45, 2.75) is 6.92 Å². The van der Waals surface area contributed by atoms with E-state index in [4.69, 9.17) is 13.9 Å². The quantitative estimate of drug-likeness (QED) is 0.757. The van der Waals surface area contributed by atoms with E-state index in [1.165, 1.54) is 6.26 Å². The third kappa shape index (κ3) is 4.22. The van der Waals surface area contributed by atoms with Crippen LogP contribution in [0.5, 0.6) is 0 Å². The van der Waals surface area contributed by atoms with Crippen molar-refractivity contribution in [1.82, 2.24) is 9.88 Å². The SMILES string of the molecule is CCOC(=O)c1coc(NCCN2CCOCC2)n1. The number of oxazole rings is 1. The molecule has 0 aromatic carbocycles. The van der Waals surface area contributed by atoms with Crippen LogP contribution in [0.25, 0.3) is 0 Å². The lowest BCUT2D eigenvalue weighted by atomic mass is 10.4. The molecule has 1 N–H and O–H groups in total. The molecule has 7 nitrogen and oxygen atoms in total. The zero-order valence-electron chi connectivity index (χ0n) is 11.1. The molecule has 0 atom stereocenters. The van der Waals surface area contributed by atoms with Crippen LogP contribution in [-0.4, -0.2) is 61.9 Å².